The molecule has 0 unspecified atom stereocenters. The number of rotatable bonds is 4. The van der Waals surface area contributed by atoms with Gasteiger partial charge in [0.25, 0.3) is 0 Å². The highest BCUT2D eigenvalue weighted by Gasteiger charge is 2.46. The van der Waals surface area contributed by atoms with Crippen molar-refractivity contribution in [1.29, 1.82) is 0 Å². The Bertz CT molecular complexity index is 2920. The maximum Gasteiger partial charge on any atom is 0.147 e. The van der Waals surface area contributed by atoms with Crippen molar-refractivity contribution in [3.63, 3.8) is 0 Å². The van der Waals surface area contributed by atoms with Crippen molar-refractivity contribution in [1.82, 2.24) is 19.1 Å². The number of benzene rings is 6. The van der Waals surface area contributed by atoms with Crippen LogP contribution in [0.3, 0.4) is 0 Å². The zero-order valence-corrected chi connectivity index (χ0v) is 27.6. The van der Waals surface area contributed by atoms with E-state index in [4.69, 9.17) is 9.97 Å². The fourth-order valence-corrected chi connectivity index (χ4v) is 8.89. The van der Waals surface area contributed by atoms with Crippen LogP contribution in [0, 0.1) is 0 Å². The molecule has 0 bridgehead atoms. The molecule has 0 saturated heterocycles. The second kappa shape index (κ2) is 10.6. The highest BCUT2D eigenvalue weighted by Crippen LogP contribution is 2.56. The molecule has 1 aliphatic rings. The molecular weight excluding hydrogens is 621 g/mol. The minimum atomic E-state index is -0.498. The molecule has 6 aromatic carbocycles. The first kappa shape index (κ1) is 28.1. The highest BCUT2D eigenvalue weighted by atomic mass is 15.1. The molecule has 11 rings (SSSR count). The lowest BCUT2D eigenvalue weighted by Crippen LogP contribution is -2.28. The smallest absolute Gasteiger partial charge is 0.147 e. The standard InChI is InChI=1S/C47H30N4/c1-4-15-31(16-5-1)47(32-17-6-2-7-18-32)39-23-12-10-21-35(39)36-27-26-34(29-40(36)47)50-42-25-14-28-48-44(42)38-30-49-46-43(45(38)50)37-22-11-13-24-41(37)51(46)33-19-8-3-9-20-33/h1-30H. The van der Waals surface area contributed by atoms with E-state index in [9.17, 15) is 0 Å². The summed E-state index contributed by atoms with van der Waals surface area (Å²) >= 11 is 0. The molecule has 4 heterocycles. The summed E-state index contributed by atoms with van der Waals surface area (Å²) in [7, 11) is 0. The topological polar surface area (TPSA) is 35.6 Å². The summed E-state index contributed by atoms with van der Waals surface area (Å²) in [5.74, 6) is 0. The Hall–Kier alpha value is -6.78. The molecular formula is C47H30N4. The molecule has 0 amide bonds. The van der Waals surface area contributed by atoms with E-state index in [2.05, 4.69) is 173 Å². The highest BCUT2D eigenvalue weighted by molar-refractivity contribution is 6.24. The van der Waals surface area contributed by atoms with E-state index in [1.165, 1.54) is 33.4 Å². The fraction of sp³-hybridized carbons (Fsp3) is 0.0213. The van der Waals surface area contributed by atoms with Gasteiger partial charge < -0.3 is 4.57 Å². The largest absolute Gasteiger partial charge is 0.307 e. The van der Waals surface area contributed by atoms with E-state index in [-0.39, 0.29) is 0 Å². The Morgan fingerprint density at radius 3 is 1.88 bits per heavy atom. The molecule has 0 aliphatic heterocycles. The summed E-state index contributed by atoms with van der Waals surface area (Å²) in [5.41, 5.74) is 14.4. The van der Waals surface area contributed by atoms with Crippen LogP contribution in [-0.4, -0.2) is 19.1 Å². The van der Waals surface area contributed by atoms with E-state index >= 15 is 0 Å². The molecule has 4 nitrogen and oxygen atoms in total. The van der Waals surface area contributed by atoms with Crippen molar-refractivity contribution in [2.24, 2.45) is 0 Å². The molecule has 4 aromatic heterocycles. The van der Waals surface area contributed by atoms with E-state index in [0.29, 0.717) is 0 Å². The summed E-state index contributed by atoms with van der Waals surface area (Å²) in [4.78, 5) is 10.1. The predicted octanol–water partition coefficient (Wildman–Crippen LogP) is 11.0. The van der Waals surface area contributed by atoms with Crippen LogP contribution in [0.4, 0.5) is 0 Å². The van der Waals surface area contributed by atoms with Crippen LogP contribution in [0.2, 0.25) is 0 Å². The van der Waals surface area contributed by atoms with Gasteiger partial charge in [0.1, 0.15) is 5.65 Å². The third-order valence-corrected chi connectivity index (χ3v) is 10.9. The summed E-state index contributed by atoms with van der Waals surface area (Å²) in [6, 6.07) is 61.4. The summed E-state index contributed by atoms with van der Waals surface area (Å²) in [5, 5.41) is 3.32. The minimum absolute atomic E-state index is 0.498. The van der Waals surface area contributed by atoms with Crippen molar-refractivity contribution in [2.75, 3.05) is 0 Å². The molecule has 51 heavy (non-hydrogen) atoms. The summed E-state index contributed by atoms with van der Waals surface area (Å²) in [6.45, 7) is 0. The third-order valence-electron chi connectivity index (χ3n) is 10.9. The van der Waals surface area contributed by atoms with Crippen molar-refractivity contribution in [2.45, 2.75) is 5.41 Å². The van der Waals surface area contributed by atoms with Crippen LogP contribution >= 0.6 is 0 Å². The Kier molecular flexibility index (Phi) is 5.84. The van der Waals surface area contributed by atoms with E-state index < -0.39 is 5.41 Å². The van der Waals surface area contributed by atoms with Crippen LogP contribution < -0.4 is 0 Å². The Morgan fingerprint density at radius 2 is 1.10 bits per heavy atom. The average Bonchev–Trinajstić information content (AvgIpc) is 3.83. The Labute approximate surface area is 294 Å². The zero-order valence-electron chi connectivity index (χ0n) is 27.6. The molecule has 10 aromatic rings. The van der Waals surface area contributed by atoms with Crippen LogP contribution in [-0.2, 0) is 5.41 Å². The monoisotopic (exact) mass is 650 g/mol. The zero-order chi connectivity index (χ0) is 33.5. The first-order valence-corrected chi connectivity index (χ1v) is 17.4. The van der Waals surface area contributed by atoms with Gasteiger partial charge in [0.2, 0.25) is 0 Å². The Balaban J connectivity index is 1.29. The number of fused-ring (bicyclic) bond motifs is 10. The van der Waals surface area contributed by atoms with Crippen molar-refractivity contribution in [3.05, 3.63) is 205 Å². The quantitative estimate of drug-likeness (QED) is 0.190. The number of hydrogen-bond donors (Lipinski definition) is 0. The summed E-state index contributed by atoms with van der Waals surface area (Å²) < 4.78 is 4.71. The molecule has 0 atom stereocenters. The van der Waals surface area contributed by atoms with Gasteiger partial charge in [-0.25, -0.2) is 4.98 Å². The van der Waals surface area contributed by atoms with Gasteiger partial charge in [-0.2, -0.15) is 0 Å². The lowest BCUT2D eigenvalue weighted by molar-refractivity contribution is 0.767. The molecule has 0 radical (unpaired) electrons. The SMILES string of the molecule is c1ccc(-n2c3ccccc3c3c2ncc2c4ncccc4n(-c4ccc5c(c4)C(c4ccccc4)(c4ccccc4)c4ccccc4-5)c23)cc1. The number of pyridine rings is 2. The van der Waals surface area contributed by atoms with Crippen molar-refractivity contribution < 1.29 is 0 Å². The van der Waals surface area contributed by atoms with Crippen LogP contribution in [0.25, 0.3) is 66.4 Å². The molecule has 0 saturated carbocycles. The third kappa shape index (κ3) is 3.73. The van der Waals surface area contributed by atoms with Crippen LogP contribution in [0.1, 0.15) is 22.3 Å². The predicted molar refractivity (Wildman–Crippen MR) is 208 cm³/mol. The molecule has 0 spiro atoms. The lowest BCUT2D eigenvalue weighted by atomic mass is 9.67. The average molecular weight is 651 g/mol. The van der Waals surface area contributed by atoms with Gasteiger partial charge in [0.05, 0.1) is 32.9 Å². The molecule has 1 aliphatic carbocycles. The van der Waals surface area contributed by atoms with Gasteiger partial charge in [-0.15, -0.1) is 0 Å². The van der Waals surface area contributed by atoms with E-state index in [1.54, 1.807) is 0 Å². The van der Waals surface area contributed by atoms with E-state index in [0.717, 1.165) is 55.2 Å². The first-order valence-electron chi connectivity index (χ1n) is 17.4. The van der Waals surface area contributed by atoms with Crippen molar-refractivity contribution in [3.8, 4) is 22.5 Å². The number of aromatic nitrogens is 4. The second-order valence-corrected chi connectivity index (χ2v) is 13.4. The summed E-state index contributed by atoms with van der Waals surface area (Å²) in [6.07, 6.45) is 3.90. The first-order chi connectivity index (χ1) is 25.3. The molecule has 0 N–H and O–H groups in total. The van der Waals surface area contributed by atoms with Gasteiger partial charge in [-0.05, 0) is 75.8 Å². The van der Waals surface area contributed by atoms with Crippen molar-refractivity contribution >= 4 is 43.9 Å². The van der Waals surface area contributed by atoms with Crippen LogP contribution in [0.15, 0.2) is 182 Å². The number of nitrogens with zero attached hydrogens (tertiary/aromatic N) is 4. The van der Waals surface area contributed by atoms with Crippen LogP contribution in [0.5, 0.6) is 0 Å². The fourth-order valence-electron chi connectivity index (χ4n) is 8.89. The Morgan fingerprint density at radius 1 is 0.451 bits per heavy atom. The molecule has 238 valence electrons. The number of hydrogen-bond acceptors (Lipinski definition) is 2. The molecule has 4 heteroatoms. The maximum atomic E-state index is 5.18. The second-order valence-electron chi connectivity index (χ2n) is 13.4. The maximum absolute atomic E-state index is 5.18. The minimum Gasteiger partial charge on any atom is -0.307 e. The van der Waals surface area contributed by atoms with Gasteiger partial charge in [-0.1, -0.05) is 127 Å². The van der Waals surface area contributed by atoms with Gasteiger partial charge in [0, 0.05) is 34.5 Å². The molecule has 0 fully saturated rings. The van der Waals surface area contributed by atoms with Gasteiger partial charge >= 0.3 is 0 Å². The van der Waals surface area contributed by atoms with E-state index in [1.807, 2.05) is 18.5 Å². The lowest BCUT2D eigenvalue weighted by Gasteiger charge is -2.34. The van der Waals surface area contributed by atoms with Gasteiger partial charge in [-0.3, -0.25) is 9.55 Å². The number of para-hydroxylation sites is 2. The normalized spacial score (nSPS) is 13.3. The van der Waals surface area contributed by atoms with Gasteiger partial charge in [0.15, 0.2) is 0 Å².